The number of allylic oxidation sites excluding steroid dienone is 1. The van der Waals surface area contributed by atoms with Crippen LogP contribution in [-0.2, 0) is 0 Å². The number of Topliss-reactive ketones (excluding diaryl/α,β-unsaturated/α-hetero) is 1. The van der Waals surface area contributed by atoms with Gasteiger partial charge >= 0.3 is 5.97 Å². The highest BCUT2D eigenvalue weighted by molar-refractivity contribution is 6.15. The Hall–Kier alpha value is -4.33. The minimum Gasteiger partial charge on any atom is -0.493 e. The number of nitrogens with zero attached hydrogens (tertiary/aromatic N) is 1. The fourth-order valence-corrected chi connectivity index (χ4v) is 3.46. The number of esters is 1. The number of ether oxygens (including phenoxy) is 5. The first-order valence-corrected chi connectivity index (χ1v) is 9.97. The van der Waals surface area contributed by atoms with E-state index in [9.17, 15) is 9.59 Å². The molecule has 8 heteroatoms. The number of pyridine rings is 1. The molecule has 1 aliphatic heterocycles. The zero-order chi connectivity index (χ0) is 23.5. The molecule has 0 saturated carbocycles. The van der Waals surface area contributed by atoms with Gasteiger partial charge in [0.1, 0.15) is 11.5 Å². The molecule has 0 spiro atoms. The molecule has 0 atom stereocenters. The molecule has 0 saturated heterocycles. The van der Waals surface area contributed by atoms with Gasteiger partial charge in [-0.1, -0.05) is 0 Å². The van der Waals surface area contributed by atoms with Crippen LogP contribution in [0.4, 0.5) is 0 Å². The summed E-state index contributed by atoms with van der Waals surface area (Å²) >= 11 is 0. The molecular formula is C25H21NO7. The molecule has 1 aliphatic rings. The van der Waals surface area contributed by atoms with E-state index in [1.54, 1.807) is 55.6 Å². The summed E-state index contributed by atoms with van der Waals surface area (Å²) < 4.78 is 27.4. The van der Waals surface area contributed by atoms with Crippen LogP contribution in [-0.4, -0.2) is 38.1 Å². The molecule has 0 radical (unpaired) electrons. The van der Waals surface area contributed by atoms with E-state index in [0.29, 0.717) is 51.0 Å². The topological polar surface area (TPSA) is 93.2 Å². The first kappa shape index (κ1) is 21.9. The van der Waals surface area contributed by atoms with Gasteiger partial charge in [-0.15, -0.1) is 0 Å². The maximum atomic E-state index is 12.9. The highest BCUT2D eigenvalue weighted by Gasteiger charge is 2.31. The summed E-state index contributed by atoms with van der Waals surface area (Å²) in [6.45, 7) is 1.72. The molecule has 0 N–H and O–H groups in total. The fraction of sp³-hybridized carbons (Fsp3) is 0.160. The van der Waals surface area contributed by atoms with Crippen LogP contribution in [0.5, 0.6) is 28.7 Å². The summed E-state index contributed by atoms with van der Waals surface area (Å²) in [6.07, 6.45) is 4.58. The maximum absolute atomic E-state index is 12.9. The lowest BCUT2D eigenvalue weighted by molar-refractivity contribution is 0.0732. The van der Waals surface area contributed by atoms with Crippen molar-refractivity contribution in [2.24, 2.45) is 0 Å². The summed E-state index contributed by atoms with van der Waals surface area (Å²) in [5.74, 6) is 1.27. The molecule has 2 aromatic carbocycles. The van der Waals surface area contributed by atoms with E-state index in [1.165, 1.54) is 27.5 Å². The molecule has 2 heterocycles. The molecule has 0 amide bonds. The van der Waals surface area contributed by atoms with Crippen molar-refractivity contribution in [3.05, 3.63) is 76.8 Å². The molecule has 8 nitrogen and oxygen atoms in total. The average molecular weight is 447 g/mol. The first-order chi connectivity index (χ1) is 16.0. The molecule has 1 aromatic heterocycles. The van der Waals surface area contributed by atoms with E-state index < -0.39 is 5.97 Å². The third-order valence-electron chi connectivity index (χ3n) is 5.12. The van der Waals surface area contributed by atoms with Crippen molar-refractivity contribution >= 4 is 17.8 Å². The summed E-state index contributed by atoms with van der Waals surface area (Å²) in [7, 11) is 4.54. The quantitative estimate of drug-likeness (QED) is 0.315. The number of benzene rings is 2. The molecule has 0 bridgehead atoms. The van der Waals surface area contributed by atoms with E-state index in [2.05, 4.69) is 4.98 Å². The normalized spacial score (nSPS) is 13.3. The predicted molar refractivity (Wildman–Crippen MR) is 119 cm³/mol. The monoisotopic (exact) mass is 447 g/mol. The number of aromatic nitrogens is 1. The zero-order valence-corrected chi connectivity index (χ0v) is 18.5. The molecule has 4 rings (SSSR count). The second kappa shape index (κ2) is 9.04. The number of hydrogen-bond donors (Lipinski definition) is 0. The molecule has 168 valence electrons. The van der Waals surface area contributed by atoms with Gasteiger partial charge in [-0.05, 0) is 55.0 Å². The number of hydrogen-bond acceptors (Lipinski definition) is 8. The third kappa shape index (κ3) is 4.10. The third-order valence-corrected chi connectivity index (χ3v) is 5.12. The van der Waals surface area contributed by atoms with Crippen LogP contribution in [0.3, 0.4) is 0 Å². The van der Waals surface area contributed by atoms with Crippen LogP contribution >= 0.6 is 0 Å². The van der Waals surface area contributed by atoms with Gasteiger partial charge in [-0.2, -0.15) is 0 Å². The van der Waals surface area contributed by atoms with Gasteiger partial charge in [0.2, 0.25) is 11.5 Å². The minimum atomic E-state index is -0.552. The Kier molecular flexibility index (Phi) is 5.99. The van der Waals surface area contributed by atoms with E-state index >= 15 is 0 Å². The van der Waals surface area contributed by atoms with Crippen LogP contribution in [0.25, 0.3) is 6.08 Å². The number of methoxy groups -OCH3 is 3. The van der Waals surface area contributed by atoms with Gasteiger partial charge in [-0.3, -0.25) is 9.78 Å². The van der Waals surface area contributed by atoms with Crippen LogP contribution in [0.15, 0.2) is 54.6 Å². The predicted octanol–water partition coefficient (Wildman–Crippen LogP) is 4.25. The van der Waals surface area contributed by atoms with Crippen LogP contribution in [0, 0.1) is 6.92 Å². The lowest BCUT2D eigenvalue weighted by Gasteiger charge is -2.13. The van der Waals surface area contributed by atoms with Crippen molar-refractivity contribution < 1.29 is 33.3 Å². The first-order valence-electron chi connectivity index (χ1n) is 9.97. The summed E-state index contributed by atoms with van der Waals surface area (Å²) in [4.78, 5) is 29.3. The van der Waals surface area contributed by atoms with Crippen molar-refractivity contribution in [1.29, 1.82) is 0 Å². The molecule has 0 aliphatic carbocycles. The van der Waals surface area contributed by atoms with Gasteiger partial charge in [0.05, 0.1) is 32.5 Å². The lowest BCUT2D eigenvalue weighted by atomic mass is 10.1. The standard InChI is InChI=1S/C25H21NO7/c1-14-18(33-25(28)16-6-5-9-26-13-16)8-7-17-22(27)19(32-23(14)17)10-15-11-20(29-2)24(31-4)21(12-15)30-3/h5-13H,1-4H3/b19-10-. The molecular weight excluding hydrogens is 426 g/mol. The Balaban J connectivity index is 1.64. The van der Waals surface area contributed by atoms with Crippen molar-refractivity contribution in [3.8, 4) is 28.7 Å². The minimum absolute atomic E-state index is 0.123. The number of fused-ring (bicyclic) bond motifs is 1. The second-order valence-corrected chi connectivity index (χ2v) is 7.10. The van der Waals surface area contributed by atoms with E-state index in [4.69, 9.17) is 23.7 Å². The largest absolute Gasteiger partial charge is 0.493 e. The highest BCUT2D eigenvalue weighted by Crippen LogP contribution is 2.41. The van der Waals surface area contributed by atoms with E-state index in [1.807, 2.05) is 0 Å². The number of carbonyl (C=O) groups excluding carboxylic acids is 2. The fourth-order valence-electron chi connectivity index (χ4n) is 3.46. The van der Waals surface area contributed by atoms with Gasteiger partial charge in [0, 0.05) is 18.0 Å². The second-order valence-electron chi connectivity index (χ2n) is 7.10. The number of rotatable bonds is 6. The molecule has 3 aromatic rings. The zero-order valence-electron chi connectivity index (χ0n) is 18.5. The Morgan fingerprint density at radius 1 is 1.00 bits per heavy atom. The molecule has 0 fully saturated rings. The van der Waals surface area contributed by atoms with Crippen molar-refractivity contribution in [2.75, 3.05) is 21.3 Å². The van der Waals surface area contributed by atoms with Crippen molar-refractivity contribution in [1.82, 2.24) is 4.98 Å². The maximum Gasteiger partial charge on any atom is 0.345 e. The van der Waals surface area contributed by atoms with E-state index in [-0.39, 0.29) is 11.5 Å². The Labute approximate surface area is 190 Å². The molecule has 33 heavy (non-hydrogen) atoms. The lowest BCUT2D eigenvalue weighted by Crippen LogP contribution is -2.09. The van der Waals surface area contributed by atoms with Crippen molar-refractivity contribution in [2.45, 2.75) is 6.92 Å². The Morgan fingerprint density at radius 2 is 1.73 bits per heavy atom. The summed E-state index contributed by atoms with van der Waals surface area (Å²) in [5.41, 5.74) is 1.86. The SMILES string of the molecule is COc1cc(/C=C2\Oc3c(ccc(OC(=O)c4cccnc4)c3C)C2=O)cc(OC)c1OC. The van der Waals surface area contributed by atoms with Crippen LogP contribution < -0.4 is 23.7 Å². The van der Waals surface area contributed by atoms with Crippen LogP contribution in [0.2, 0.25) is 0 Å². The number of carbonyl (C=O) groups is 2. The molecule has 0 unspecified atom stereocenters. The van der Waals surface area contributed by atoms with Crippen molar-refractivity contribution in [3.63, 3.8) is 0 Å². The van der Waals surface area contributed by atoms with Gasteiger partial charge < -0.3 is 23.7 Å². The smallest absolute Gasteiger partial charge is 0.345 e. The highest BCUT2D eigenvalue weighted by atomic mass is 16.5. The van der Waals surface area contributed by atoms with Gasteiger partial charge in [-0.25, -0.2) is 4.79 Å². The van der Waals surface area contributed by atoms with Gasteiger partial charge in [0.15, 0.2) is 17.3 Å². The number of ketones is 1. The average Bonchev–Trinajstić information content (AvgIpc) is 3.16. The van der Waals surface area contributed by atoms with Gasteiger partial charge in [0.25, 0.3) is 0 Å². The van der Waals surface area contributed by atoms with Crippen LogP contribution in [0.1, 0.15) is 31.8 Å². The Morgan fingerprint density at radius 3 is 2.33 bits per heavy atom. The van der Waals surface area contributed by atoms with E-state index in [0.717, 1.165) is 0 Å². The summed E-state index contributed by atoms with van der Waals surface area (Å²) in [5, 5.41) is 0. The Bertz CT molecular complexity index is 1240. The summed E-state index contributed by atoms with van der Waals surface area (Å²) in [6, 6.07) is 9.83.